The SMILES string of the molecule is NCCCOc1ccc2c(=O)c3ccc(OCCCN)cc3oc2c1. The number of nitrogens with two attached hydrogens (primary N) is 2. The maximum absolute atomic E-state index is 12.7. The fourth-order valence-electron chi connectivity index (χ4n) is 2.54. The van der Waals surface area contributed by atoms with Gasteiger partial charge in [-0.05, 0) is 50.2 Å². The van der Waals surface area contributed by atoms with Crippen molar-refractivity contribution < 1.29 is 13.9 Å². The molecule has 0 fully saturated rings. The molecule has 4 N–H and O–H groups in total. The lowest BCUT2D eigenvalue weighted by Crippen LogP contribution is -2.07. The molecule has 0 aliphatic carbocycles. The van der Waals surface area contributed by atoms with E-state index in [0.29, 0.717) is 59.7 Å². The van der Waals surface area contributed by atoms with Crippen LogP contribution in [0.2, 0.25) is 0 Å². The van der Waals surface area contributed by atoms with Crippen molar-refractivity contribution in [2.45, 2.75) is 12.8 Å². The lowest BCUT2D eigenvalue weighted by atomic mass is 10.1. The molecule has 1 heterocycles. The molecular formula is C19H22N2O4. The number of ether oxygens (including phenoxy) is 2. The molecule has 6 nitrogen and oxygen atoms in total. The summed E-state index contributed by atoms with van der Waals surface area (Å²) in [5, 5.41) is 1.05. The molecule has 6 heteroatoms. The highest BCUT2D eigenvalue weighted by molar-refractivity contribution is 5.90. The second-order valence-electron chi connectivity index (χ2n) is 5.73. The van der Waals surface area contributed by atoms with E-state index >= 15 is 0 Å². The van der Waals surface area contributed by atoms with Gasteiger partial charge in [-0.15, -0.1) is 0 Å². The first-order chi connectivity index (χ1) is 12.2. The predicted molar refractivity (Wildman–Crippen MR) is 98.3 cm³/mol. The van der Waals surface area contributed by atoms with Crippen LogP contribution in [0.15, 0.2) is 45.6 Å². The van der Waals surface area contributed by atoms with Gasteiger partial charge in [-0.25, -0.2) is 0 Å². The average molecular weight is 342 g/mol. The van der Waals surface area contributed by atoms with Gasteiger partial charge in [-0.3, -0.25) is 4.79 Å². The maximum Gasteiger partial charge on any atom is 0.200 e. The minimum atomic E-state index is -0.0710. The fraction of sp³-hybridized carbons (Fsp3) is 0.316. The van der Waals surface area contributed by atoms with Gasteiger partial charge in [0.1, 0.15) is 22.7 Å². The second-order valence-corrected chi connectivity index (χ2v) is 5.73. The van der Waals surface area contributed by atoms with E-state index in [1.807, 2.05) is 0 Å². The van der Waals surface area contributed by atoms with Gasteiger partial charge < -0.3 is 25.4 Å². The van der Waals surface area contributed by atoms with Crippen LogP contribution >= 0.6 is 0 Å². The molecular weight excluding hydrogens is 320 g/mol. The Hall–Kier alpha value is -2.57. The van der Waals surface area contributed by atoms with Crippen LogP contribution in [0.1, 0.15) is 12.8 Å². The number of benzene rings is 2. The quantitative estimate of drug-likeness (QED) is 0.481. The standard InChI is InChI=1S/C19H22N2O4/c20-7-1-9-23-13-3-5-15-17(11-13)25-18-12-14(24-10-2-8-21)4-6-16(18)19(15)22/h3-6,11-12H,1-2,7-10,20-21H2. The van der Waals surface area contributed by atoms with Crippen LogP contribution in [0.3, 0.4) is 0 Å². The summed E-state index contributed by atoms with van der Waals surface area (Å²) in [5.74, 6) is 1.30. The van der Waals surface area contributed by atoms with Crippen molar-refractivity contribution in [3.05, 3.63) is 46.6 Å². The van der Waals surface area contributed by atoms with Gasteiger partial charge in [-0.1, -0.05) is 0 Å². The highest BCUT2D eigenvalue weighted by Crippen LogP contribution is 2.25. The Morgan fingerprint density at radius 2 is 1.28 bits per heavy atom. The van der Waals surface area contributed by atoms with Crippen molar-refractivity contribution in [2.75, 3.05) is 26.3 Å². The first kappa shape index (κ1) is 17.3. The summed E-state index contributed by atoms with van der Waals surface area (Å²) >= 11 is 0. The third kappa shape index (κ3) is 3.92. The van der Waals surface area contributed by atoms with Crippen molar-refractivity contribution in [1.82, 2.24) is 0 Å². The number of fused-ring (bicyclic) bond motifs is 2. The van der Waals surface area contributed by atoms with Gasteiger partial charge in [0.15, 0.2) is 0 Å². The molecule has 0 amide bonds. The smallest absolute Gasteiger partial charge is 0.200 e. The summed E-state index contributed by atoms with van der Waals surface area (Å²) in [6.07, 6.45) is 1.53. The molecule has 1 aromatic heterocycles. The van der Waals surface area contributed by atoms with E-state index in [4.69, 9.17) is 25.4 Å². The molecule has 0 unspecified atom stereocenters. The van der Waals surface area contributed by atoms with Gasteiger partial charge >= 0.3 is 0 Å². The van der Waals surface area contributed by atoms with Crippen molar-refractivity contribution in [3.63, 3.8) is 0 Å². The van der Waals surface area contributed by atoms with Crippen LogP contribution in [0, 0.1) is 0 Å². The minimum Gasteiger partial charge on any atom is -0.493 e. The van der Waals surface area contributed by atoms with Crippen LogP contribution < -0.4 is 26.4 Å². The zero-order valence-electron chi connectivity index (χ0n) is 14.0. The Morgan fingerprint density at radius 1 is 0.800 bits per heavy atom. The maximum atomic E-state index is 12.7. The monoisotopic (exact) mass is 342 g/mol. The highest BCUT2D eigenvalue weighted by atomic mass is 16.5. The van der Waals surface area contributed by atoms with Gasteiger partial charge in [0.2, 0.25) is 5.43 Å². The van der Waals surface area contributed by atoms with Crippen molar-refractivity contribution in [2.24, 2.45) is 11.5 Å². The molecule has 2 aromatic carbocycles. The summed E-state index contributed by atoms with van der Waals surface area (Å²) in [6, 6.07) is 10.5. The highest BCUT2D eigenvalue weighted by Gasteiger charge is 2.10. The van der Waals surface area contributed by atoms with Crippen LogP contribution in [0.25, 0.3) is 21.9 Å². The van der Waals surface area contributed by atoms with Crippen molar-refractivity contribution >= 4 is 21.9 Å². The molecule has 132 valence electrons. The third-order valence-electron chi connectivity index (χ3n) is 3.85. The Kier molecular flexibility index (Phi) is 5.53. The summed E-state index contributed by atoms with van der Waals surface area (Å²) in [6.45, 7) is 2.19. The molecule has 0 spiro atoms. The predicted octanol–water partition coefficient (Wildman–Crippen LogP) is 2.40. The zero-order chi connectivity index (χ0) is 17.6. The van der Waals surface area contributed by atoms with Gasteiger partial charge in [0.05, 0.1) is 24.0 Å². The van der Waals surface area contributed by atoms with E-state index in [9.17, 15) is 4.79 Å². The number of hydrogen-bond donors (Lipinski definition) is 2. The molecule has 0 atom stereocenters. The molecule has 0 bridgehead atoms. The molecule has 3 aromatic rings. The molecule has 0 saturated carbocycles. The summed E-state index contributed by atoms with van der Waals surface area (Å²) in [7, 11) is 0. The Bertz CT molecular complexity index is 849. The lowest BCUT2D eigenvalue weighted by molar-refractivity contribution is 0.313. The Labute approximate surface area is 145 Å². The van der Waals surface area contributed by atoms with Crippen LogP contribution in [0.4, 0.5) is 0 Å². The van der Waals surface area contributed by atoms with E-state index in [-0.39, 0.29) is 5.43 Å². The average Bonchev–Trinajstić information content (AvgIpc) is 2.62. The van der Waals surface area contributed by atoms with Crippen LogP contribution in [0.5, 0.6) is 11.5 Å². The van der Waals surface area contributed by atoms with E-state index < -0.39 is 0 Å². The Morgan fingerprint density at radius 3 is 1.72 bits per heavy atom. The van der Waals surface area contributed by atoms with E-state index in [2.05, 4.69) is 0 Å². The topological polar surface area (TPSA) is 101 Å². The number of hydrogen-bond acceptors (Lipinski definition) is 6. The first-order valence-corrected chi connectivity index (χ1v) is 8.39. The number of rotatable bonds is 8. The molecule has 0 aliphatic heterocycles. The largest absolute Gasteiger partial charge is 0.493 e. The second kappa shape index (κ2) is 8.00. The zero-order valence-corrected chi connectivity index (χ0v) is 14.0. The van der Waals surface area contributed by atoms with Crippen LogP contribution in [-0.4, -0.2) is 26.3 Å². The van der Waals surface area contributed by atoms with Gasteiger partial charge in [0.25, 0.3) is 0 Å². The van der Waals surface area contributed by atoms with E-state index in [1.165, 1.54) is 0 Å². The minimum absolute atomic E-state index is 0.0710. The van der Waals surface area contributed by atoms with Gasteiger partial charge in [-0.2, -0.15) is 0 Å². The molecule has 3 rings (SSSR count). The summed E-state index contributed by atoms with van der Waals surface area (Å²) in [4.78, 5) is 12.7. The first-order valence-electron chi connectivity index (χ1n) is 8.39. The molecule has 25 heavy (non-hydrogen) atoms. The summed E-state index contributed by atoms with van der Waals surface area (Å²) in [5.41, 5.74) is 11.8. The van der Waals surface area contributed by atoms with Gasteiger partial charge in [0, 0.05) is 12.1 Å². The molecule has 0 radical (unpaired) electrons. The van der Waals surface area contributed by atoms with Crippen LogP contribution in [-0.2, 0) is 0 Å². The fourth-order valence-corrected chi connectivity index (χ4v) is 2.54. The molecule has 0 aliphatic rings. The van der Waals surface area contributed by atoms with E-state index in [0.717, 1.165) is 12.8 Å². The Balaban J connectivity index is 1.96. The third-order valence-corrected chi connectivity index (χ3v) is 3.85. The van der Waals surface area contributed by atoms with E-state index in [1.54, 1.807) is 36.4 Å². The summed E-state index contributed by atoms with van der Waals surface area (Å²) < 4.78 is 17.1. The van der Waals surface area contributed by atoms with Crippen molar-refractivity contribution in [3.8, 4) is 11.5 Å². The normalized spacial score (nSPS) is 11.1. The lowest BCUT2D eigenvalue weighted by Gasteiger charge is -2.08. The van der Waals surface area contributed by atoms with Crippen molar-refractivity contribution in [1.29, 1.82) is 0 Å². The molecule has 0 saturated heterocycles.